The zero-order chi connectivity index (χ0) is 14.5. The number of urea groups is 1. The van der Waals surface area contributed by atoms with Gasteiger partial charge in [-0.2, -0.15) is 0 Å². The highest BCUT2D eigenvalue weighted by atomic mass is 16.4. The number of carbonyl (C=O) groups is 2. The van der Waals surface area contributed by atoms with Crippen LogP contribution in [0.3, 0.4) is 0 Å². The molecule has 1 atom stereocenters. The summed E-state index contributed by atoms with van der Waals surface area (Å²) in [5.41, 5.74) is 0.751. The van der Waals surface area contributed by atoms with Crippen molar-refractivity contribution in [2.24, 2.45) is 0 Å². The molecule has 7 heteroatoms. The molecule has 0 spiro atoms. The molecule has 2 amide bonds. The van der Waals surface area contributed by atoms with Gasteiger partial charge in [-0.25, -0.2) is 14.6 Å². The summed E-state index contributed by atoms with van der Waals surface area (Å²) in [7, 11) is 2.02. The van der Waals surface area contributed by atoms with Gasteiger partial charge in [0.05, 0.1) is 0 Å². The van der Waals surface area contributed by atoms with E-state index >= 15 is 0 Å². The standard InChI is InChI=1S/C13H18N4O3/c1-17-5-4-10(8-17)16-13(20)15-7-9-2-3-11(12(18)19)14-6-9/h2-3,6,10H,4-5,7-8H2,1H3,(H,18,19)(H2,15,16,20). The van der Waals surface area contributed by atoms with E-state index in [1.54, 1.807) is 6.07 Å². The van der Waals surface area contributed by atoms with E-state index in [0.29, 0.717) is 6.54 Å². The molecule has 3 N–H and O–H groups in total. The topological polar surface area (TPSA) is 94.6 Å². The zero-order valence-corrected chi connectivity index (χ0v) is 11.3. The Morgan fingerprint density at radius 2 is 2.30 bits per heavy atom. The lowest BCUT2D eigenvalue weighted by Gasteiger charge is -2.13. The molecule has 0 aromatic carbocycles. The number of carboxylic acids is 1. The molecule has 0 radical (unpaired) electrons. The molecule has 0 saturated carbocycles. The monoisotopic (exact) mass is 278 g/mol. The fraction of sp³-hybridized carbons (Fsp3) is 0.462. The zero-order valence-electron chi connectivity index (χ0n) is 11.3. The Kier molecular flexibility index (Phi) is 4.52. The lowest BCUT2D eigenvalue weighted by atomic mass is 10.2. The minimum absolute atomic E-state index is 0.00723. The summed E-state index contributed by atoms with van der Waals surface area (Å²) in [4.78, 5) is 28.3. The maximum absolute atomic E-state index is 11.7. The molecular formula is C13H18N4O3. The normalized spacial score (nSPS) is 18.8. The Morgan fingerprint density at radius 3 is 2.85 bits per heavy atom. The number of aromatic nitrogens is 1. The van der Waals surface area contributed by atoms with Gasteiger partial charge in [0, 0.05) is 25.3 Å². The molecule has 108 valence electrons. The molecule has 1 fully saturated rings. The van der Waals surface area contributed by atoms with Gasteiger partial charge in [-0.3, -0.25) is 0 Å². The molecule has 1 aliphatic rings. The molecule has 0 aliphatic carbocycles. The van der Waals surface area contributed by atoms with Gasteiger partial charge in [-0.05, 0) is 31.6 Å². The van der Waals surface area contributed by atoms with Crippen LogP contribution in [0.15, 0.2) is 18.3 Å². The molecular weight excluding hydrogens is 260 g/mol. The summed E-state index contributed by atoms with van der Waals surface area (Å²) in [6.45, 7) is 2.18. The highest BCUT2D eigenvalue weighted by Gasteiger charge is 2.20. The van der Waals surface area contributed by atoms with Crippen molar-refractivity contribution >= 4 is 12.0 Å². The number of likely N-dealkylation sites (tertiary alicyclic amines) is 1. The van der Waals surface area contributed by atoms with Gasteiger partial charge in [0.25, 0.3) is 0 Å². The van der Waals surface area contributed by atoms with Crippen molar-refractivity contribution in [3.8, 4) is 0 Å². The summed E-state index contributed by atoms with van der Waals surface area (Å²) < 4.78 is 0. The van der Waals surface area contributed by atoms with Crippen LogP contribution in [-0.2, 0) is 6.54 Å². The summed E-state index contributed by atoms with van der Waals surface area (Å²) in [5, 5.41) is 14.4. The summed E-state index contributed by atoms with van der Waals surface area (Å²) in [5.74, 6) is -1.06. The Labute approximate surface area is 117 Å². The number of amides is 2. The number of hydrogen-bond acceptors (Lipinski definition) is 4. The van der Waals surface area contributed by atoms with Gasteiger partial charge < -0.3 is 20.6 Å². The second-order valence-corrected chi connectivity index (χ2v) is 4.93. The third kappa shape index (κ3) is 3.92. The predicted octanol–water partition coefficient (Wildman–Crippen LogP) is 0.283. The average molecular weight is 278 g/mol. The number of carboxylic acid groups (broad SMARTS) is 1. The van der Waals surface area contributed by atoms with E-state index in [4.69, 9.17) is 5.11 Å². The number of hydrogen-bond donors (Lipinski definition) is 3. The van der Waals surface area contributed by atoms with Crippen molar-refractivity contribution in [1.29, 1.82) is 0 Å². The second kappa shape index (κ2) is 6.33. The smallest absolute Gasteiger partial charge is 0.354 e. The Balaban J connectivity index is 1.76. The summed E-state index contributed by atoms with van der Waals surface area (Å²) in [6.07, 6.45) is 2.41. The first-order chi connectivity index (χ1) is 9.54. The summed E-state index contributed by atoms with van der Waals surface area (Å²) in [6, 6.07) is 3.03. The number of carbonyl (C=O) groups excluding carboxylic acids is 1. The molecule has 1 aromatic rings. The Morgan fingerprint density at radius 1 is 1.50 bits per heavy atom. The van der Waals surface area contributed by atoms with Gasteiger partial charge >= 0.3 is 12.0 Å². The molecule has 20 heavy (non-hydrogen) atoms. The fourth-order valence-electron chi connectivity index (χ4n) is 2.13. The van der Waals surface area contributed by atoms with E-state index in [-0.39, 0.29) is 17.8 Å². The van der Waals surface area contributed by atoms with Crippen LogP contribution < -0.4 is 10.6 Å². The van der Waals surface area contributed by atoms with Gasteiger partial charge in [-0.1, -0.05) is 6.07 Å². The van der Waals surface area contributed by atoms with Gasteiger partial charge in [0.15, 0.2) is 0 Å². The molecule has 2 rings (SSSR count). The van der Waals surface area contributed by atoms with Gasteiger partial charge in [0.1, 0.15) is 5.69 Å². The first kappa shape index (κ1) is 14.3. The molecule has 1 unspecified atom stereocenters. The van der Waals surface area contributed by atoms with E-state index in [2.05, 4.69) is 20.5 Å². The lowest BCUT2D eigenvalue weighted by molar-refractivity contribution is 0.0690. The number of likely N-dealkylation sites (N-methyl/N-ethyl adjacent to an activating group) is 1. The van der Waals surface area contributed by atoms with Crippen molar-refractivity contribution in [3.05, 3.63) is 29.6 Å². The number of nitrogens with one attached hydrogen (secondary N) is 2. The Hall–Kier alpha value is -2.15. The van der Waals surface area contributed by atoms with Gasteiger partial charge in [-0.15, -0.1) is 0 Å². The molecule has 1 saturated heterocycles. The van der Waals surface area contributed by atoms with Crippen LogP contribution in [0.4, 0.5) is 4.79 Å². The van der Waals surface area contributed by atoms with Crippen LogP contribution in [-0.4, -0.2) is 53.2 Å². The average Bonchev–Trinajstić information content (AvgIpc) is 2.82. The van der Waals surface area contributed by atoms with E-state index < -0.39 is 5.97 Å². The van der Waals surface area contributed by atoms with E-state index in [1.807, 2.05) is 7.05 Å². The Bertz CT molecular complexity index is 489. The molecule has 7 nitrogen and oxygen atoms in total. The maximum atomic E-state index is 11.7. The largest absolute Gasteiger partial charge is 0.477 e. The lowest BCUT2D eigenvalue weighted by Crippen LogP contribution is -2.42. The van der Waals surface area contributed by atoms with Crippen LogP contribution >= 0.6 is 0 Å². The van der Waals surface area contributed by atoms with Crippen LogP contribution in [0.25, 0.3) is 0 Å². The first-order valence-electron chi connectivity index (χ1n) is 6.45. The van der Waals surface area contributed by atoms with Crippen molar-refractivity contribution in [1.82, 2.24) is 20.5 Å². The van der Waals surface area contributed by atoms with Crippen LogP contribution in [0.1, 0.15) is 22.5 Å². The summed E-state index contributed by atoms with van der Waals surface area (Å²) >= 11 is 0. The first-order valence-corrected chi connectivity index (χ1v) is 6.45. The quantitative estimate of drug-likeness (QED) is 0.735. The van der Waals surface area contributed by atoms with Gasteiger partial charge in [0.2, 0.25) is 0 Å². The van der Waals surface area contributed by atoms with E-state index in [9.17, 15) is 9.59 Å². The minimum atomic E-state index is -1.06. The van der Waals surface area contributed by atoms with Crippen molar-refractivity contribution in [2.45, 2.75) is 19.0 Å². The highest BCUT2D eigenvalue weighted by molar-refractivity contribution is 5.85. The maximum Gasteiger partial charge on any atom is 0.354 e. The van der Waals surface area contributed by atoms with Crippen molar-refractivity contribution in [2.75, 3.05) is 20.1 Å². The van der Waals surface area contributed by atoms with Crippen LogP contribution in [0.2, 0.25) is 0 Å². The molecule has 2 heterocycles. The second-order valence-electron chi connectivity index (χ2n) is 4.93. The molecule has 1 aliphatic heterocycles. The number of nitrogens with zero attached hydrogens (tertiary/aromatic N) is 2. The predicted molar refractivity (Wildman–Crippen MR) is 72.5 cm³/mol. The SMILES string of the molecule is CN1CCC(NC(=O)NCc2ccc(C(=O)O)nc2)C1. The molecule has 0 bridgehead atoms. The fourth-order valence-corrected chi connectivity index (χ4v) is 2.13. The highest BCUT2D eigenvalue weighted by Crippen LogP contribution is 2.05. The number of rotatable bonds is 4. The third-order valence-electron chi connectivity index (χ3n) is 3.22. The van der Waals surface area contributed by atoms with E-state index in [1.165, 1.54) is 12.3 Å². The number of aromatic carboxylic acids is 1. The minimum Gasteiger partial charge on any atom is -0.477 e. The van der Waals surface area contributed by atoms with E-state index in [0.717, 1.165) is 25.1 Å². The molecule has 1 aromatic heterocycles. The van der Waals surface area contributed by atoms with Crippen LogP contribution in [0, 0.1) is 0 Å². The third-order valence-corrected chi connectivity index (χ3v) is 3.22. The number of pyridine rings is 1. The van der Waals surface area contributed by atoms with Crippen LogP contribution in [0.5, 0.6) is 0 Å². The van der Waals surface area contributed by atoms with Crippen molar-refractivity contribution in [3.63, 3.8) is 0 Å². The van der Waals surface area contributed by atoms with Crippen molar-refractivity contribution < 1.29 is 14.7 Å².